The molecule has 2 heterocycles. The van der Waals surface area contributed by atoms with Gasteiger partial charge >= 0.3 is 0 Å². The van der Waals surface area contributed by atoms with Crippen molar-refractivity contribution >= 4 is 45.0 Å². The number of aromatic nitrogens is 5. The number of hydrogen-bond donors (Lipinski definition) is 0. The van der Waals surface area contributed by atoms with Crippen LogP contribution in [-0.2, 0) is 6.67 Å². The molecule has 2 aromatic carbocycles. The van der Waals surface area contributed by atoms with E-state index < -0.39 is 0 Å². The van der Waals surface area contributed by atoms with E-state index in [1.165, 1.54) is 23.0 Å². The summed E-state index contributed by atoms with van der Waals surface area (Å²) < 4.78 is 2.35. The Hall–Kier alpha value is -2.77. The van der Waals surface area contributed by atoms with Crippen LogP contribution in [0.5, 0.6) is 0 Å². The van der Waals surface area contributed by atoms with Crippen LogP contribution in [0.15, 0.2) is 52.3 Å². The van der Waals surface area contributed by atoms with Crippen molar-refractivity contribution in [3.05, 3.63) is 73.5 Å². The van der Waals surface area contributed by atoms with Crippen LogP contribution < -0.4 is 11.1 Å². The highest BCUT2D eigenvalue weighted by Gasteiger charge is 2.11. The minimum Gasteiger partial charge on any atom is -0.278 e. The molecule has 0 aliphatic carbocycles. The summed E-state index contributed by atoms with van der Waals surface area (Å²) in [4.78, 5) is 29.3. The molecule has 0 atom stereocenters. The quantitative estimate of drug-likeness (QED) is 0.538. The zero-order valence-electron chi connectivity index (χ0n) is 12.6. The SMILES string of the molecule is O=c1c2cc(Cl)cc(Cl)c2ncn1Cn1nnc2ccccc2c1=O. The fourth-order valence-corrected chi connectivity index (χ4v) is 3.10. The van der Waals surface area contributed by atoms with Crippen LogP contribution in [0.1, 0.15) is 0 Å². The van der Waals surface area contributed by atoms with Gasteiger partial charge in [0.25, 0.3) is 11.1 Å². The van der Waals surface area contributed by atoms with Crippen LogP contribution >= 0.6 is 23.2 Å². The lowest BCUT2D eigenvalue weighted by atomic mass is 10.2. The zero-order valence-corrected chi connectivity index (χ0v) is 14.1. The van der Waals surface area contributed by atoms with Crippen molar-refractivity contribution in [1.82, 2.24) is 24.5 Å². The normalized spacial score (nSPS) is 11.3. The summed E-state index contributed by atoms with van der Waals surface area (Å²) in [5.41, 5.74) is 0.119. The van der Waals surface area contributed by atoms with E-state index in [2.05, 4.69) is 15.3 Å². The van der Waals surface area contributed by atoms with Gasteiger partial charge < -0.3 is 0 Å². The molecule has 0 unspecified atom stereocenters. The van der Waals surface area contributed by atoms with E-state index in [-0.39, 0.29) is 28.2 Å². The lowest BCUT2D eigenvalue weighted by Crippen LogP contribution is -2.32. The number of rotatable bonds is 2. The van der Waals surface area contributed by atoms with Crippen LogP contribution in [0, 0.1) is 0 Å². The number of fused-ring (bicyclic) bond motifs is 2. The van der Waals surface area contributed by atoms with Gasteiger partial charge in [-0.05, 0) is 24.3 Å². The predicted octanol–water partition coefficient (Wildman–Crippen LogP) is 2.31. The maximum atomic E-state index is 12.7. The minimum absolute atomic E-state index is 0.122. The van der Waals surface area contributed by atoms with Gasteiger partial charge in [-0.1, -0.05) is 40.5 Å². The maximum Gasteiger partial charge on any atom is 0.279 e. The molecule has 2 aromatic heterocycles. The molecule has 0 aliphatic rings. The van der Waals surface area contributed by atoms with Crippen molar-refractivity contribution in [2.75, 3.05) is 0 Å². The van der Waals surface area contributed by atoms with Crippen molar-refractivity contribution in [3.63, 3.8) is 0 Å². The molecule has 0 aliphatic heterocycles. The first-order valence-corrected chi connectivity index (χ1v) is 7.97. The highest BCUT2D eigenvalue weighted by Crippen LogP contribution is 2.23. The topological polar surface area (TPSA) is 82.7 Å². The molecule has 9 heteroatoms. The summed E-state index contributed by atoms with van der Waals surface area (Å²) in [6.45, 7) is -0.122. The Morgan fingerprint density at radius 3 is 2.64 bits per heavy atom. The van der Waals surface area contributed by atoms with Gasteiger partial charge in [-0.2, -0.15) is 4.68 Å². The minimum atomic E-state index is -0.378. The molecule has 0 bridgehead atoms. The summed E-state index contributed by atoms with van der Waals surface area (Å²) >= 11 is 12.0. The van der Waals surface area contributed by atoms with Crippen LogP contribution in [-0.4, -0.2) is 24.5 Å². The summed E-state index contributed by atoms with van der Waals surface area (Å²) in [6, 6.07) is 9.87. The summed E-state index contributed by atoms with van der Waals surface area (Å²) in [5, 5.41) is 9.17. The summed E-state index contributed by atoms with van der Waals surface area (Å²) in [6.07, 6.45) is 1.31. The van der Waals surface area contributed by atoms with Gasteiger partial charge in [-0.25, -0.2) is 4.98 Å². The second-order valence-electron chi connectivity index (χ2n) is 5.36. The predicted molar refractivity (Wildman–Crippen MR) is 95.2 cm³/mol. The first-order chi connectivity index (χ1) is 12.0. The van der Waals surface area contributed by atoms with Crippen LogP contribution in [0.25, 0.3) is 21.8 Å². The average molecular weight is 374 g/mol. The molecule has 0 fully saturated rings. The lowest BCUT2D eigenvalue weighted by molar-refractivity contribution is 0.487. The Bertz CT molecular complexity index is 1250. The Morgan fingerprint density at radius 2 is 1.80 bits per heavy atom. The third-order valence-corrected chi connectivity index (χ3v) is 4.27. The summed E-state index contributed by atoms with van der Waals surface area (Å²) in [7, 11) is 0. The molecule has 0 spiro atoms. The molecule has 0 amide bonds. The van der Waals surface area contributed by atoms with Crippen molar-refractivity contribution in [2.45, 2.75) is 6.67 Å². The van der Waals surface area contributed by atoms with Crippen molar-refractivity contribution < 1.29 is 0 Å². The molecule has 0 saturated heterocycles. The maximum absolute atomic E-state index is 12.7. The number of hydrogen-bond acceptors (Lipinski definition) is 5. The van der Waals surface area contributed by atoms with E-state index in [0.29, 0.717) is 21.4 Å². The Kier molecular flexibility index (Phi) is 3.74. The second kappa shape index (κ2) is 5.94. The van der Waals surface area contributed by atoms with Gasteiger partial charge in [-0.3, -0.25) is 14.2 Å². The van der Waals surface area contributed by atoms with E-state index in [4.69, 9.17) is 23.2 Å². The molecule has 0 N–H and O–H groups in total. The van der Waals surface area contributed by atoms with Crippen LogP contribution in [0.4, 0.5) is 0 Å². The molecular weight excluding hydrogens is 365 g/mol. The van der Waals surface area contributed by atoms with E-state index in [1.54, 1.807) is 24.3 Å². The fraction of sp³-hybridized carbons (Fsp3) is 0.0625. The van der Waals surface area contributed by atoms with E-state index in [1.807, 2.05) is 0 Å². The van der Waals surface area contributed by atoms with Gasteiger partial charge in [0.1, 0.15) is 12.2 Å². The smallest absolute Gasteiger partial charge is 0.278 e. The van der Waals surface area contributed by atoms with Gasteiger partial charge in [0.2, 0.25) is 0 Å². The zero-order chi connectivity index (χ0) is 17.6. The third kappa shape index (κ3) is 2.67. The highest BCUT2D eigenvalue weighted by atomic mass is 35.5. The molecule has 0 radical (unpaired) electrons. The third-order valence-electron chi connectivity index (χ3n) is 3.76. The average Bonchev–Trinajstić information content (AvgIpc) is 2.60. The standard InChI is InChI=1S/C16H9Cl2N5O2/c17-9-5-11-14(12(18)6-9)19-7-22(15(11)24)8-23-16(25)10-3-1-2-4-13(10)20-21-23/h1-7H,8H2. The monoisotopic (exact) mass is 373 g/mol. The largest absolute Gasteiger partial charge is 0.279 e. The molecule has 124 valence electrons. The van der Waals surface area contributed by atoms with E-state index >= 15 is 0 Å². The number of benzene rings is 2. The summed E-state index contributed by atoms with van der Waals surface area (Å²) in [5.74, 6) is 0. The van der Waals surface area contributed by atoms with Gasteiger partial charge in [0.05, 0.1) is 27.6 Å². The number of nitrogens with zero attached hydrogens (tertiary/aromatic N) is 5. The highest BCUT2D eigenvalue weighted by molar-refractivity contribution is 6.38. The van der Waals surface area contributed by atoms with E-state index in [9.17, 15) is 9.59 Å². The van der Waals surface area contributed by atoms with Crippen molar-refractivity contribution in [3.8, 4) is 0 Å². The first kappa shape index (κ1) is 15.7. The van der Waals surface area contributed by atoms with Crippen molar-refractivity contribution in [1.29, 1.82) is 0 Å². The Balaban J connectivity index is 1.87. The Morgan fingerprint density at radius 1 is 1.00 bits per heavy atom. The number of halogens is 2. The first-order valence-electron chi connectivity index (χ1n) is 7.21. The second-order valence-corrected chi connectivity index (χ2v) is 6.20. The van der Waals surface area contributed by atoms with Crippen LogP contribution in [0.3, 0.4) is 0 Å². The Labute approximate surface area is 150 Å². The van der Waals surface area contributed by atoms with Crippen molar-refractivity contribution in [2.24, 2.45) is 0 Å². The lowest BCUT2D eigenvalue weighted by Gasteiger charge is -2.09. The van der Waals surface area contributed by atoms with Gasteiger partial charge in [0, 0.05) is 5.02 Å². The molecular formula is C16H9Cl2N5O2. The van der Waals surface area contributed by atoms with Crippen LogP contribution in [0.2, 0.25) is 10.0 Å². The fourth-order valence-electron chi connectivity index (χ4n) is 2.56. The molecule has 4 rings (SSSR count). The van der Waals surface area contributed by atoms with E-state index in [0.717, 1.165) is 4.68 Å². The molecule has 7 nitrogen and oxygen atoms in total. The molecule has 0 saturated carbocycles. The van der Waals surface area contributed by atoms with Gasteiger partial charge in [0.15, 0.2) is 0 Å². The van der Waals surface area contributed by atoms with Gasteiger partial charge in [-0.15, -0.1) is 5.10 Å². The molecule has 25 heavy (non-hydrogen) atoms. The molecule has 4 aromatic rings.